The standard InChI is InChI=1S/C17H32N2O/c1-14-6-8-15(9-7-14)18-10-11-19-12-13-20-17-5-3-2-4-16(17)19/h14-18H,2-13H2,1H3. The molecule has 116 valence electrons. The van der Waals surface area contributed by atoms with E-state index in [0.29, 0.717) is 12.1 Å². The summed E-state index contributed by atoms with van der Waals surface area (Å²) in [5.74, 6) is 0.954. The predicted octanol–water partition coefficient (Wildman–Crippen LogP) is 2.80. The van der Waals surface area contributed by atoms with Gasteiger partial charge in [0.25, 0.3) is 0 Å². The molecule has 0 bridgehead atoms. The highest BCUT2D eigenvalue weighted by Crippen LogP contribution is 2.28. The number of fused-ring (bicyclic) bond motifs is 1. The minimum Gasteiger partial charge on any atom is -0.375 e. The molecule has 0 spiro atoms. The summed E-state index contributed by atoms with van der Waals surface area (Å²) in [6.45, 7) is 6.87. The van der Waals surface area contributed by atoms with Gasteiger partial charge in [0.1, 0.15) is 0 Å². The summed E-state index contributed by atoms with van der Waals surface area (Å²) in [6.07, 6.45) is 11.5. The third kappa shape index (κ3) is 3.75. The van der Waals surface area contributed by atoms with E-state index in [0.717, 1.165) is 25.1 Å². The fraction of sp³-hybridized carbons (Fsp3) is 1.00. The lowest BCUT2D eigenvalue weighted by atomic mass is 9.87. The Morgan fingerprint density at radius 2 is 1.85 bits per heavy atom. The summed E-state index contributed by atoms with van der Waals surface area (Å²) in [5, 5.41) is 3.80. The van der Waals surface area contributed by atoms with Crippen LogP contribution in [0.2, 0.25) is 0 Å². The summed E-state index contributed by atoms with van der Waals surface area (Å²) in [6, 6.07) is 1.50. The Hall–Kier alpha value is -0.120. The molecule has 2 aliphatic carbocycles. The highest BCUT2D eigenvalue weighted by molar-refractivity contribution is 4.87. The lowest BCUT2D eigenvalue weighted by Crippen LogP contribution is -2.54. The van der Waals surface area contributed by atoms with Crippen molar-refractivity contribution in [3.8, 4) is 0 Å². The lowest BCUT2D eigenvalue weighted by Gasteiger charge is -2.44. The lowest BCUT2D eigenvalue weighted by molar-refractivity contribution is -0.0875. The average Bonchev–Trinajstić information content (AvgIpc) is 2.49. The fourth-order valence-corrected chi connectivity index (χ4v) is 4.33. The number of hydrogen-bond acceptors (Lipinski definition) is 3. The zero-order valence-corrected chi connectivity index (χ0v) is 13.2. The van der Waals surface area contributed by atoms with Gasteiger partial charge in [-0.25, -0.2) is 0 Å². The zero-order valence-electron chi connectivity index (χ0n) is 13.2. The molecule has 2 saturated carbocycles. The maximum Gasteiger partial charge on any atom is 0.0730 e. The van der Waals surface area contributed by atoms with E-state index >= 15 is 0 Å². The van der Waals surface area contributed by atoms with E-state index in [4.69, 9.17) is 4.74 Å². The van der Waals surface area contributed by atoms with Gasteiger partial charge < -0.3 is 10.1 Å². The highest BCUT2D eigenvalue weighted by atomic mass is 16.5. The van der Waals surface area contributed by atoms with Crippen LogP contribution in [0.5, 0.6) is 0 Å². The van der Waals surface area contributed by atoms with Crippen LogP contribution < -0.4 is 5.32 Å². The average molecular weight is 280 g/mol. The second-order valence-electron chi connectivity index (χ2n) is 7.21. The summed E-state index contributed by atoms with van der Waals surface area (Å²) >= 11 is 0. The van der Waals surface area contributed by atoms with Crippen molar-refractivity contribution in [3.63, 3.8) is 0 Å². The first kappa shape index (κ1) is 14.8. The van der Waals surface area contributed by atoms with Crippen molar-refractivity contribution < 1.29 is 4.74 Å². The van der Waals surface area contributed by atoms with Gasteiger partial charge in [0, 0.05) is 31.7 Å². The zero-order chi connectivity index (χ0) is 13.8. The number of nitrogens with zero attached hydrogens (tertiary/aromatic N) is 1. The van der Waals surface area contributed by atoms with Gasteiger partial charge in [-0.1, -0.05) is 19.8 Å². The van der Waals surface area contributed by atoms with Gasteiger partial charge in [-0.3, -0.25) is 4.90 Å². The van der Waals surface area contributed by atoms with Crippen LogP contribution >= 0.6 is 0 Å². The topological polar surface area (TPSA) is 24.5 Å². The molecular weight excluding hydrogens is 248 g/mol. The molecule has 3 heteroatoms. The number of ether oxygens (including phenoxy) is 1. The van der Waals surface area contributed by atoms with Crippen LogP contribution in [-0.4, -0.2) is 49.3 Å². The Bertz CT molecular complexity index is 287. The van der Waals surface area contributed by atoms with E-state index in [2.05, 4.69) is 17.1 Å². The van der Waals surface area contributed by atoms with Crippen molar-refractivity contribution in [2.45, 2.75) is 76.5 Å². The largest absolute Gasteiger partial charge is 0.375 e. The smallest absolute Gasteiger partial charge is 0.0730 e. The van der Waals surface area contributed by atoms with Crippen LogP contribution in [0.3, 0.4) is 0 Å². The second-order valence-corrected chi connectivity index (χ2v) is 7.21. The molecule has 0 amide bonds. The molecule has 20 heavy (non-hydrogen) atoms. The van der Waals surface area contributed by atoms with E-state index in [1.54, 1.807) is 0 Å². The molecule has 2 atom stereocenters. The first-order valence-corrected chi connectivity index (χ1v) is 8.92. The van der Waals surface area contributed by atoms with Gasteiger partial charge in [0.15, 0.2) is 0 Å². The van der Waals surface area contributed by atoms with Gasteiger partial charge >= 0.3 is 0 Å². The van der Waals surface area contributed by atoms with Gasteiger partial charge in [-0.15, -0.1) is 0 Å². The molecule has 1 heterocycles. The number of morpholine rings is 1. The minimum atomic E-state index is 0.535. The normalized spacial score (nSPS) is 39.5. The number of nitrogens with one attached hydrogen (secondary N) is 1. The van der Waals surface area contributed by atoms with Crippen molar-refractivity contribution in [3.05, 3.63) is 0 Å². The van der Waals surface area contributed by atoms with Crippen LogP contribution in [-0.2, 0) is 4.74 Å². The van der Waals surface area contributed by atoms with Crippen molar-refractivity contribution >= 4 is 0 Å². The van der Waals surface area contributed by atoms with Crippen LogP contribution in [0, 0.1) is 5.92 Å². The number of rotatable bonds is 4. The molecule has 0 aromatic rings. The first-order valence-electron chi connectivity index (χ1n) is 8.92. The van der Waals surface area contributed by atoms with Gasteiger partial charge in [-0.2, -0.15) is 0 Å². The molecule has 0 aromatic heterocycles. The Balaban J connectivity index is 1.39. The maximum atomic E-state index is 5.96. The van der Waals surface area contributed by atoms with Gasteiger partial charge in [-0.05, 0) is 44.4 Å². The second kappa shape index (κ2) is 7.24. The molecule has 1 saturated heterocycles. The summed E-state index contributed by atoms with van der Waals surface area (Å²) in [7, 11) is 0. The van der Waals surface area contributed by atoms with E-state index < -0.39 is 0 Å². The third-order valence-corrected chi connectivity index (χ3v) is 5.70. The fourth-order valence-electron chi connectivity index (χ4n) is 4.33. The predicted molar refractivity (Wildman–Crippen MR) is 83.0 cm³/mol. The van der Waals surface area contributed by atoms with Crippen LogP contribution in [0.1, 0.15) is 58.3 Å². The molecular formula is C17H32N2O. The Morgan fingerprint density at radius 1 is 1.05 bits per heavy atom. The van der Waals surface area contributed by atoms with Crippen LogP contribution in [0.25, 0.3) is 0 Å². The molecule has 3 nitrogen and oxygen atoms in total. The van der Waals surface area contributed by atoms with Gasteiger partial charge in [0.2, 0.25) is 0 Å². The van der Waals surface area contributed by atoms with Crippen molar-refractivity contribution in [2.75, 3.05) is 26.2 Å². The Labute approximate surface area is 124 Å². The summed E-state index contributed by atoms with van der Waals surface area (Å²) in [5.41, 5.74) is 0. The highest BCUT2D eigenvalue weighted by Gasteiger charge is 2.33. The van der Waals surface area contributed by atoms with E-state index in [-0.39, 0.29) is 0 Å². The van der Waals surface area contributed by atoms with E-state index in [1.165, 1.54) is 64.5 Å². The molecule has 0 aromatic carbocycles. The molecule has 2 unspecified atom stereocenters. The first-order chi connectivity index (χ1) is 9.83. The van der Waals surface area contributed by atoms with Crippen LogP contribution in [0.15, 0.2) is 0 Å². The van der Waals surface area contributed by atoms with Crippen molar-refractivity contribution in [1.82, 2.24) is 10.2 Å². The molecule has 1 aliphatic heterocycles. The Kier molecular flexibility index (Phi) is 5.36. The molecule has 3 aliphatic rings. The van der Waals surface area contributed by atoms with E-state index in [9.17, 15) is 0 Å². The quantitative estimate of drug-likeness (QED) is 0.857. The van der Waals surface area contributed by atoms with Gasteiger partial charge in [0.05, 0.1) is 12.7 Å². The number of hydrogen-bond donors (Lipinski definition) is 1. The SMILES string of the molecule is CC1CCC(NCCN2CCOC3CCCCC32)CC1. The minimum absolute atomic E-state index is 0.535. The summed E-state index contributed by atoms with van der Waals surface area (Å²) in [4.78, 5) is 2.70. The van der Waals surface area contributed by atoms with Crippen molar-refractivity contribution in [2.24, 2.45) is 5.92 Å². The molecule has 3 fully saturated rings. The molecule has 3 rings (SSSR count). The monoisotopic (exact) mass is 280 g/mol. The third-order valence-electron chi connectivity index (χ3n) is 5.70. The van der Waals surface area contributed by atoms with Crippen molar-refractivity contribution in [1.29, 1.82) is 0 Å². The molecule has 0 radical (unpaired) electrons. The maximum absolute atomic E-state index is 5.96. The Morgan fingerprint density at radius 3 is 2.70 bits per heavy atom. The van der Waals surface area contributed by atoms with Crippen LogP contribution in [0.4, 0.5) is 0 Å². The molecule has 1 N–H and O–H groups in total. The summed E-state index contributed by atoms with van der Waals surface area (Å²) < 4.78 is 5.96. The van der Waals surface area contributed by atoms with E-state index in [1.807, 2.05) is 0 Å².